The van der Waals surface area contributed by atoms with Crippen molar-refractivity contribution in [2.45, 2.75) is 20.3 Å². The van der Waals surface area contributed by atoms with Crippen LogP contribution < -0.4 is 15.8 Å². The van der Waals surface area contributed by atoms with Gasteiger partial charge in [-0.3, -0.25) is 0 Å². The van der Waals surface area contributed by atoms with Crippen LogP contribution in [0, 0.1) is 13.8 Å². The van der Waals surface area contributed by atoms with Crippen molar-refractivity contribution in [2.75, 3.05) is 17.6 Å². The lowest BCUT2D eigenvalue weighted by atomic mass is 10.1. The SMILES string of the molecule is Cc1cc(C)cc(Oc2ncnc(NCCc3ccccc3)c2N)c1. The van der Waals surface area contributed by atoms with Crippen molar-refractivity contribution in [3.05, 3.63) is 71.5 Å². The zero-order valence-corrected chi connectivity index (χ0v) is 14.5. The Morgan fingerprint density at radius 1 is 1.00 bits per heavy atom. The number of nitrogen functional groups attached to an aromatic ring is 1. The molecule has 0 radical (unpaired) electrons. The Morgan fingerprint density at radius 2 is 1.72 bits per heavy atom. The van der Waals surface area contributed by atoms with E-state index in [0.29, 0.717) is 17.4 Å². The van der Waals surface area contributed by atoms with Crippen molar-refractivity contribution in [3.63, 3.8) is 0 Å². The lowest BCUT2D eigenvalue weighted by molar-refractivity contribution is 0.464. The molecule has 5 nitrogen and oxygen atoms in total. The molecule has 25 heavy (non-hydrogen) atoms. The fourth-order valence-electron chi connectivity index (χ4n) is 2.67. The van der Waals surface area contributed by atoms with Crippen molar-refractivity contribution >= 4 is 11.5 Å². The third kappa shape index (κ3) is 4.47. The van der Waals surface area contributed by atoms with E-state index >= 15 is 0 Å². The summed E-state index contributed by atoms with van der Waals surface area (Å²) in [5.74, 6) is 1.67. The number of nitrogens with one attached hydrogen (secondary N) is 1. The van der Waals surface area contributed by atoms with Crippen LogP contribution in [-0.4, -0.2) is 16.5 Å². The van der Waals surface area contributed by atoms with Crippen molar-refractivity contribution < 1.29 is 4.74 Å². The first kappa shape index (κ1) is 16.8. The fourth-order valence-corrected chi connectivity index (χ4v) is 2.67. The van der Waals surface area contributed by atoms with Gasteiger partial charge in [0.2, 0.25) is 5.88 Å². The van der Waals surface area contributed by atoms with E-state index in [1.165, 1.54) is 11.9 Å². The summed E-state index contributed by atoms with van der Waals surface area (Å²) in [7, 11) is 0. The summed E-state index contributed by atoms with van der Waals surface area (Å²) in [6.45, 7) is 4.79. The van der Waals surface area contributed by atoms with Crippen molar-refractivity contribution in [2.24, 2.45) is 0 Å². The fraction of sp³-hybridized carbons (Fsp3) is 0.200. The average Bonchev–Trinajstić information content (AvgIpc) is 2.58. The quantitative estimate of drug-likeness (QED) is 0.709. The molecule has 0 amide bonds. The van der Waals surface area contributed by atoms with Crippen LogP contribution in [0.5, 0.6) is 11.6 Å². The first-order valence-corrected chi connectivity index (χ1v) is 8.26. The minimum atomic E-state index is 0.363. The van der Waals surface area contributed by atoms with Gasteiger partial charge in [0, 0.05) is 6.54 Å². The van der Waals surface area contributed by atoms with E-state index < -0.39 is 0 Å². The van der Waals surface area contributed by atoms with Crippen LogP contribution in [0.25, 0.3) is 0 Å². The summed E-state index contributed by atoms with van der Waals surface area (Å²) >= 11 is 0. The Labute approximate surface area is 147 Å². The molecule has 1 heterocycles. The third-order valence-electron chi connectivity index (χ3n) is 3.81. The molecular weight excluding hydrogens is 312 g/mol. The van der Waals surface area contributed by atoms with Crippen LogP contribution in [0.1, 0.15) is 16.7 Å². The van der Waals surface area contributed by atoms with Crippen LogP contribution in [0.15, 0.2) is 54.9 Å². The zero-order chi connectivity index (χ0) is 17.6. The first-order chi connectivity index (χ1) is 12.1. The summed E-state index contributed by atoms with van der Waals surface area (Å²) in [6, 6.07) is 16.3. The molecule has 0 aliphatic rings. The highest BCUT2D eigenvalue weighted by atomic mass is 16.5. The van der Waals surface area contributed by atoms with Crippen LogP contribution >= 0.6 is 0 Å². The number of aromatic nitrogens is 2. The molecule has 3 rings (SSSR count). The van der Waals surface area contributed by atoms with E-state index in [0.717, 1.165) is 29.8 Å². The Morgan fingerprint density at radius 3 is 2.44 bits per heavy atom. The molecular formula is C20H22N4O. The van der Waals surface area contributed by atoms with Gasteiger partial charge in [0.25, 0.3) is 0 Å². The second kappa shape index (κ2) is 7.66. The highest BCUT2D eigenvalue weighted by Gasteiger charge is 2.10. The van der Waals surface area contributed by atoms with Gasteiger partial charge in [-0.2, -0.15) is 4.98 Å². The molecule has 0 bridgehead atoms. The van der Waals surface area contributed by atoms with Gasteiger partial charge in [0.15, 0.2) is 5.82 Å². The van der Waals surface area contributed by atoms with Crippen molar-refractivity contribution in [1.82, 2.24) is 9.97 Å². The Bertz CT molecular complexity index is 829. The van der Waals surface area contributed by atoms with Crippen molar-refractivity contribution in [3.8, 4) is 11.6 Å². The molecule has 1 aromatic heterocycles. The Kier molecular flexibility index (Phi) is 5.14. The molecule has 0 saturated heterocycles. The molecule has 5 heteroatoms. The predicted octanol–water partition coefficient (Wildman–Crippen LogP) is 4.12. The summed E-state index contributed by atoms with van der Waals surface area (Å²) in [5.41, 5.74) is 10.1. The number of aryl methyl sites for hydroxylation is 2. The van der Waals surface area contributed by atoms with Gasteiger partial charge >= 0.3 is 0 Å². The topological polar surface area (TPSA) is 73.1 Å². The number of benzene rings is 2. The van der Waals surface area contributed by atoms with Gasteiger partial charge in [-0.15, -0.1) is 0 Å². The molecule has 2 aromatic carbocycles. The third-order valence-corrected chi connectivity index (χ3v) is 3.81. The Hall–Kier alpha value is -3.08. The first-order valence-electron chi connectivity index (χ1n) is 8.26. The minimum Gasteiger partial charge on any atom is -0.437 e. The lowest BCUT2D eigenvalue weighted by Crippen LogP contribution is -2.09. The molecule has 0 fully saturated rings. The number of rotatable bonds is 6. The van der Waals surface area contributed by atoms with Crippen LogP contribution in [0.4, 0.5) is 11.5 Å². The highest BCUT2D eigenvalue weighted by Crippen LogP contribution is 2.30. The van der Waals surface area contributed by atoms with Crippen LogP contribution in [0.2, 0.25) is 0 Å². The normalized spacial score (nSPS) is 10.5. The second-order valence-corrected chi connectivity index (χ2v) is 6.03. The highest BCUT2D eigenvalue weighted by molar-refractivity contribution is 5.67. The van der Waals surface area contributed by atoms with E-state index in [9.17, 15) is 0 Å². The summed E-state index contributed by atoms with van der Waals surface area (Å²) < 4.78 is 5.86. The van der Waals surface area contributed by atoms with Gasteiger partial charge in [0.1, 0.15) is 17.8 Å². The predicted molar refractivity (Wildman–Crippen MR) is 101 cm³/mol. The smallest absolute Gasteiger partial charge is 0.248 e. The maximum Gasteiger partial charge on any atom is 0.248 e. The molecule has 128 valence electrons. The lowest BCUT2D eigenvalue weighted by Gasteiger charge is -2.12. The molecule has 0 aliphatic heterocycles. The van der Waals surface area contributed by atoms with Gasteiger partial charge < -0.3 is 15.8 Å². The van der Waals surface area contributed by atoms with Gasteiger partial charge in [0.05, 0.1) is 0 Å². The van der Waals surface area contributed by atoms with E-state index in [4.69, 9.17) is 10.5 Å². The molecule has 0 saturated carbocycles. The number of nitrogens with zero attached hydrogens (tertiary/aromatic N) is 2. The van der Waals surface area contributed by atoms with Gasteiger partial charge in [-0.1, -0.05) is 36.4 Å². The molecule has 0 unspecified atom stereocenters. The van der Waals surface area contributed by atoms with E-state index in [-0.39, 0.29) is 0 Å². The number of anilines is 2. The molecule has 0 atom stereocenters. The maximum atomic E-state index is 6.17. The standard InChI is InChI=1S/C20H22N4O/c1-14-10-15(2)12-17(11-14)25-20-18(21)19(23-13-24-20)22-9-8-16-6-4-3-5-7-16/h3-7,10-13H,8-9,21H2,1-2H3,(H,22,23,24). The number of nitrogens with two attached hydrogens (primary N) is 1. The van der Waals surface area contributed by atoms with E-state index in [1.54, 1.807) is 0 Å². The summed E-state index contributed by atoms with van der Waals surface area (Å²) in [4.78, 5) is 8.38. The van der Waals surface area contributed by atoms with Crippen molar-refractivity contribution in [1.29, 1.82) is 0 Å². The average molecular weight is 334 g/mol. The molecule has 3 aromatic rings. The van der Waals surface area contributed by atoms with Gasteiger partial charge in [-0.25, -0.2) is 4.98 Å². The largest absolute Gasteiger partial charge is 0.437 e. The number of ether oxygens (including phenoxy) is 1. The maximum absolute atomic E-state index is 6.17. The Balaban J connectivity index is 1.69. The number of hydrogen-bond donors (Lipinski definition) is 2. The van der Waals surface area contributed by atoms with Gasteiger partial charge in [-0.05, 0) is 49.1 Å². The summed E-state index contributed by atoms with van der Waals surface area (Å²) in [5, 5.41) is 3.25. The minimum absolute atomic E-state index is 0.363. The zero-order valence-electron chi connectivity index (χ0n) is 14.5. The van der Waals surface area contributed by atoms with Crippen LogP contribution in [0.3, 0.4) is 0 Å². The second-order valence-electron chi connectivity index (χ2n) is 6.03. The summed E-state index contributed by atoms with van der Waals surface area (Å²) in [6.07, 6.45) is 2.34. The monoisotopic (exact) mass is 334 g/mol. The number of hydrogen-bond acceptors (Lipinski definition) is 5. The van der Waals surface area contributed by atoms with E-state index in [2.05, 4.69) is 33.5 Å². The molecule has 0 aliphatic carbocycles. The van der Waals surface area contributed by atoms with E-state index in [1.807, 2.05) is 44.2 Å². The molecule has 0 spiro atoms. The molecule has 3 N–H and O–H groups in total. The van der Waals surface area contributed by atoms with Crippen LogP contribution in [-0.2, 0) is 6.42 Å².